The molecular formula is C108H116F10. The largest absolute Gasteiger partial charge is 0.411 e. The molecule has 0 N–H and O–H groups in total. The van der Waals surface area contributed by atoms with Crippen LogP contribution < -0.4 is 0 Å². The van der Waals surface area contributed by atoms with Crippen molar-refractivity contribution in [2.75, 3.05) is 0 Å². The lowest BCUT2D eigenvalue weighted by Gasteiger charge is -2.38. The van der Waals surface area contributed by atoms with Gasteiger partial charge in [-0.2, -0.15) is 26.3 Å². The van der Waals surface area contributed by atoms with E-state index >= 15 is 0 Å². The van der Waals surface area contributed by atoms with E-state index in [4.69, 9.17) is 0 Å². The third kappa shape index (κ3) is 25.9. The highest BCUT2D eigenvalue weighted by molar-refractivity contribution is 5.86. The molecule has 14 rings (SSSR count). The molecule has 0 unspecified atom stereocenters. The van der Waals surface area contributed by atoms with Crippen LogP contribution in [0.15, 0.2) is 267 Å². The van der Waals surface area contributed by atoms with Gasteiger partial charge in [-0.05, 0) is 257 Å². The molecule has 618 valence electrons. The minimum atomic E-state index is -5.53. The fourth-order valence-corrected chi connectivity index (χ4v) is 13.2. The van der Waals surface area contributed by atoms with Crippen LogP contribution in [0, 0.1) is 176 Å². The van der Waals surface area contributed by atoms with Crippen LogP contribution in [-0.4, -0.2) is 12.4 Å². The first kappa shape index (κ1) is 95.7. The normalized spacial score (nSPS) is 11.0. The van der Waals surface area contributed by atoms with Gasteiger partial charge in [-0.15, -0.1) is 0 Å². The van der Waals surface area contributed by atoms with E-state index < -0.39 is 63.3 Å². The maximum absolute atomic E-state index is 13.7. The molecular weight excluding hydrogens is 1490 g/mol. The highest BCUT2D eigenvalue weighted by Crippen LogP contribution is 2.56. The summed E-state index contributed by atoms with van der Waals surface area (Å²) in [5, 5.41) is 5.37. The van der Waals surface area contributed by atoms with Crippen LogP contribution in [0.4, 0.5) is 43.9 Å². The Bertz CT molecular complexity index is 5060. The topological polar surface area (TPSA) is 0 Å². The van der Waals surface area contributed by atoms with Crippen molar-refractivity contribution in [2.45, 2.75) is 189 Å². The van der Waals surface area contributed by atoms with Gasteiger partial charge in [0, 0.05) is 16.5 Å². The molecule has 0 radical (unpaired) electrons. The highest BCUT2D eigenvalue weighted by Gasteiger charge is 2.72. The van der Waals surface area contributed by atoms with Crippen LogP contribution in [0.1, 0.15) is 158 Å². The molecule has 14 aromatic rings. The molecule has 0 amide bonds. The molecule has 0 spiro atoms. The monoisotopic (exact) mass is 1600 g/mol. The van der Waals surface area contributed by atoms with Crippen LogP contribution in [-0.2, 0) is 10.8 Å². The predicted molar refractivity (Wildman–Crippen MR) is 480 cm³/mol. The van der Waals surface area contributed by atoms with Crippen LogP contribution in [0.25, 0.3) is 32.7 Å². The molecule has 0 aliphatic rings. The lowest BCUT2D eigenvalue weighted by atomic mass is 9.72. The predicted octanol–water partition coefficient (Wildman–Crippen LogP) is 32.2. The molecule has 0 saturated heterocycles. The summed E-state index contributed by atoms with van der Waals surface area (Å²) in [6.07, 6.45) is -11.1. The van der Waals surface area contributed by atoms with E-state index in [0.717, 1.165) is 38.1 Å². The minimum Gasteiger partial charge on any atom is -0.203 e. The Morgan fingerprint density at radius 2 is 0.432 bits per heavy atom. The van der Waals surface area contributed by atoms with Crippen LogP contribution in [0.2, 0.25) is 0 Å². The Labute approximate surface area is 696 Å². The summed E-state index contributed by atoms with van der Waals surface area (Å²) >= 11 is 0. The third-order valence-electron chi connectivity index (χ3n) is 21.9. The Morgan fingerprint density at radius 3 is 0.703 bits per heavy atom. The maximum atomic E-state index is 13.7. The molecule has 14 aromatic carbocycles. The van der Waals surface area contributed by atoms with Crippen molar-refractivity contribution < 1.29 is 43.9 Å². The average molecular weight is 1600 g/mol. The molecule has 0 fully saturated rings. The van der Waals surface area contributed by atoms with Gasteiger partial charge in [0.05, 0.1) is 0 Å². The smallest absolute Gasteiger partial charge is 0.203 e. The van der Waals surface area contributed by atoms with Gasteiger partial charge in [0.1, 0.15) is 0 Å². The van der Waals surface area contributed by atoms with Crippen LogP contribution in [0.3, 0.4) is 0 Å². The molecule has 0 saturated carbocycles. The standard InChI is InChI=1S/C17H14F6.C17H20.C14H14.2C12H12.C12H18.C8H6F4.2C8H10/c1-11-3-7-13(8-4-11)15(16(18,19)20,17(21,22)23)14-9-5-12(2)6-10-14;1-13-5-9-15(10-6-13)17(3,4)16-11-7-14(2)8-12-16;1-11-3-7-13(8-4-11)14-9-5-12(2)6-10-14;1-9-3-5-12-8-10(2)4-6-11(12)7-9;1-9-6-7-12-10(2)4-3-5-11(12)8-9;1-7-8(2)10(4)12(6)11(5)9(7)3;1-3-5(9)7(11)4(2)8(12)6(3)10;1-7-4-3-5-8(2)6-7;1-7-5-3-4-6-8(7)2/h3-10H,1-2H3;5-12H,1-4H3;3-10H,1-2H3;2*3-8H,1-2H3;1-6H3;1-2H3;2*3-6H,1-2H3. The zero-order valence-corrected chi connectivity index (χ0v) is 73.2. The van der Waals surface area contributed by atoms with E-state index in [1.165, 1.54) is 168 Å². The summed E-state index contributed by atoms with van der Waals surface area (Å²) in [6, 6.07) is 86.4. The van der Waals surface area contributed by atoms with Gasteiger partial charge in [0.2, 0.25) is 5.41 Å². The van der Waals surface area contributed by atoms with Crippen molar-refractivity contribution in [1.29, 1.82) is 0 Å². The van der Waals surface area contributed by atoms with Crippen LogP contribution in [0.5, 0.6) is 0 Å². The number of fused-ring (bicyclic) bond motifs is 2. The van der Waals surface area contributed by atoms with Gasteiger partial charge in [-0.25, -0.2) is 17.6 Å². The van der Waals surface area contributed by atoms with Crippen molar-refractivity contribution in [3.8, 4) is 11.1 Å². The SMILES string of the molecule is Cc1c(C)c(C)c(C)c(C)c1C.Cc1c(F)c(F)c(C)c(F)c1F.Cc1ccc(-c2ccc(C)cc2)cc1.Cc1ccc(C(C)(C)c2ccc(C)cc2)cc1.Cc1ccc(C(c2ccc(C)cc2)(C(F)(F)F)C(F)(F)F)cc1.Cc1ccc2c(C)cccc2c1.Cc1ccc2cc(C)ccc2c1.Cc1cccc(C)c1.Cc1ccccc1C. The Balaban J connectivity index is 0.000000209. The second-order valence-electron chi connectivity index (χ2n) is 31.7. The fraction of sp³-hybridized carbons (Fsp3) is 0.259. The number of hydrogen-bond donors (Lipinski definition) is 0. The summed E-state index contributed by atoms with van der Waals surface area (Å²) in [7, 11) is 0. The molecule has 0 nitrogen and oxygen atoms in total. The summed E-state index contributed by atoms with van der Waals surface area (Å²) in [5.41, 5.74) is 24.3. The fourth-order valence-electron chi connectivity index (χ4n) is 13.2. The lowest BCUT2D eigenvalue weighted by Crippen LogP contribution is -2.54. The lowest BCUT2D eigenvalue weighted by molar-refractivity contribution is -0.288. The highest BCUT2D eigenvalue weighted by atomic mass is 19.4. The van der Waals surface area contributed by atoms with Crippen LogP contribution >= 0.6 is 0 Å². The Hall–Kier alpha value is -11.1. The van der Waals surface area contributed by atoms with Crippen molar-refractivity contribution >= 4 is 21.5 Å². The van der Waals surface area contributed by atoms with Gasteiger partial charge in [0.25, 0.3) is 0 Å². The zero-order chi connectivity index (χ0) is 87.9. The van der Waals surface area contributed by atoms with Gasteiger partial charge in [0.15, 0.2) is 23.3 Å². The van der Waals surface area contributed by atoms with Gasteiger partial charge in [-0.1, -0.05) is 342 Å². The quantitative estimate of drug-likeness (QED) is 0.119. The maximum Gasteiger partial charge on any atom is 0.411 e. The van der Waals surface area contributed by atoms with E-state index in [1.807, 2.05) is 0 Å². The van der Waals surface area contributed by atoms with Crippen molar-refractivity contribution in [2.24, 2.45) is 0 Å². The number of aryl methyl sites for hydroxylation is 14. The van der Waals surface area contributed by atoms with Crippen molar-refractivity contribution in [3.05, 3.63) is 435 Å². The number of hydrogen-bond acceptors (Lipinski definition) is 0. The summed E-state index contributed by atoms with van der Waals surface area (Å²) in [6.45, 7) is 48.4. The van der Waals surface area contributed by atoms with Crippen molar-refractivity contribution in [1.82, 2.24) is 0 Å². The zero-order valence-electron chi connectivity index (χ0n) is 73.2. The number of benzene rings is 14. The number of rotatable bonds is 5. The van der Waals surface area contributed by atoms with E-state index in [-0.39, 0.29) is 5.41 Å². The van der Waals surface area contributed by atoms with E-state index in [1.54, 1.807) is 13.8 Å². The molecule has 0 aliphatic carbocycles. The molecule has 0 atom stereocenters. The minimum absolute atomic E-state index is 0.0708. The number of alkyl halides is 6. The summed E-state index contributed by atoms with van der Waals surface area (Å²) in [4.78, 5) is 0. The molecule has 0 bridgehead atoms. The molecule has 0 aliphatic heterocycles. The Kier molecular flexibility index (Phi) is 34.8. The summed E-state index contributed by atoms with van der Waals surface area (Å²) < 4.78 is 133. The summed E-state index contributed by atoms with van der Waals surface area (Å²) in [5.74, 6) is -5.31. The molecule has 118 heavy (non-hydrogen) atoms. The van der Waals surface area contributed by atoms with E-state index in [0.29, 0.717) is 11.1 Å². The van der Waals surface area contributed by atoms with Gasteiger partial charge < -0.3 is 0 Å². The van der Waals surface area contributed by atoms with E-state index in [2.05, 4.69) is 357 Å². The second kappa shape index (κ2) is 42.9. The first-order valence-corrected chi connectivity index (χ1v) is 39.7. The second-order valence-corrected chi connectivity index (χ2v) is 31.7. The van der Waals surface area contributed by atoms with Gasteiger partial charge in [-0.3, -0.25) is 0 Å². The first-order valence-electron chi connectivity index (χ1n) is 39.7. The number of halogens is 10. The van der Waals surface area contributed by atoms with Gasteiger partial charge >= 0.3 is 12.4 Å². The molecule has 10 heteroatoms. The van der Waals surface area contributed by atoms with E-state index in [9.17, 15) is 43.9 Å². The third-order valence-corrected chi connectivity index (χ3v) is 21.9. The average Bonchev–Trinajstić information content (AvgIpc) is 0.716. The van der Waals surface area contributed by atoms with Crippen molar-refractivity contribution in [3.63, 3.8) is 0 Å². The molecule has 0 aromatic heterocycles. The Morgan fingerprint density at radius 1 is 0.195 bits per heavy atom. The molecule has 0 heterocycles. The first-order chi connectivity index (χ1) is 55.3.